The molecule has 0 fully saturated rings. The maximum absolute atomic E-state index is 11.2. The van der Waals surface area contributed by atoms with Gasteiger partial charge in [0.1, 0.15) is 0 Å². The summed E-state index contributed by atoms with van der Waals surface area (Å²) in [5, 5.41) is 19.5. The zero-order chi connectivity index (χ0) is 13.4. The number of hydrogen-bond donors (Lipinski definition) is 3. The van der Waals surface area contributed by atoms with Gasteiger partial charge in [0.25, 0.3) is 0 Å². The van der Waals surface area contributed by atoms with Crippen molar-refractivity contribution in [3.05, 3.63) is 18.5 Å². The van der Waals surface area contributed by atoms with Crippen molar-refractivity contribution in [3.63, 3.8) is 0 Å². The molecule has 1 atom stereocenters. The van der Waals surface area contributed by atoms with Crippen molar-refractivity contribution in [1.82, 2.24) is 25.3 Å². The highest BCUT2D eigenvalue weighted by Crippen LogP contribution is 1.89. The lowest BCUT2D eigenvalue weighted by Gasteiger charge is -2.14. The number of nitrogens with one attached hydrogen (secondary N) is 2. The van der Waals surface area contributed by atoms with E-state index in [1.54, 1.807) is 31.2 Å². The highest BCUT2D eigenvalue weighted by atomic mass is 16.3. The third kappa shape index (κ3) is 5.65. The van der Waals surface area contributed by atoms with E-state index >= 15 is 0 Å². The van der Waals surface area contributed by atoms with E-state index in [-0.39, 0.29) is 6.03 Å². The molecule has 1 aromatic heterocycles. The minimum atomic E-state index is -0.491. The van der Waals surface area contributed by atoms with Crippen LogP contribution < -0.4 is 10.6 Å². The number of carbonyl (C=O) groups excluding carboxylic acids is 1. The molecule has 0 bridgehead atoms. The second kappa shape index (κ2) is 7.67. The Morgan fingerprint density at radius 3 is 2.89 bits per heavy atom. The van der Waals surface area contributed by atoms with Gasteiger partial charge in [-0.1, -0.05) is 0 Å². The van der Waals surface area contributed by atoms with Gasteiger partial charge in [0.05, 0.1) is 12.6 Å². The number of hydrogen-bond acceptors (Lipinski definition) is 4. The summed E-state index contributed by atoms with van der Waals surface area (Å²) in [4.78, 5) is 12.7. The van der Waals surface area contributed by atoms with Crippen molar-refractivity contribution >= 4 is 6.03 Å². The van der Waals surface area contributed by atoms with Gasteiger partial charge in [-0.25, -0.2) is 4.79 Å². The summed E-state index contributed by atoms with van der Waals surface area (Å²) in [6.07, 6.45) is 2.99. The van der Waals surface area contributed by atoms with E-state index in [1.807, 2.05) is 6.07 Å². The van der Waals surface area contributed by atoms with Crippen LogP contribution >= 0.6 is 0 Å². The first kappa shape index (κ1) is 14.5. The molecule has 0 aliphatic rings. The van der Waals surface area contributed by atoms with Gasteiger partial charge in [0, 0.05) is 46.1 Å². The molecule has 1 rings (SSSR count). The average Bonchev–Trinajstić information content (AvgIpc) is 2.80. The fraction of sp³-hybridized carbons (Fsp3) is 0.636. The summed E-state index contributed by atoms with van der Waals surface area (Å²) in [5.41, 5.74) is 0. The minimum absolute atomic E-state index is 0.117. The SMILES string of the molecule is CN(C)C(=O)NCCNCC(O)Cn1cccn1. The Bertz CT molecular complexity index is 339. The van der Waals surface area contributed by atoms with Crippen LogP contribution in [0.2, 0.25) is 0 Å². The van der Waals surface area contributed by atoms with Crippen molar-refractivity contribution in [2.75, 3.05) is 33.7 Å². The first-order chi connectivity index (χ1) is 8.59. The molecule has 1 unspecified atom stereocenters. The summed E-state index contributed by atoms with van der Waals surface area (Å²) < 4.78 is 1.68. The second-order valence-corrected chi connectivity index (χ2v) is 4.21. The van der Waals surface area contributed by atoms with Crippen molar-refractivity contribution in [2.24, 2.45) is 0 Å². The topological polar surface area (TPSA) is 82.4 Å². The fourth-order valence-corrected chi connectivity index (χ4v) is 1.37. The average molecular weight is 255 g/mol. The van der Waals surface area contributed by atoms with Crippen LogP contribution in [0.3, 0.4) is 0 Å². The molecular formula is C11H21N5O2. The predicted octanol–water partition coefficient (Wildman–Crippen LogP) is -0.895. The Balaban J connectivity index is 2.02. The zero-order valence-electron chi connectivity index (χ0n) is 10.8. The molecule has 2 amide bonds. The summed E-state index contributed by atoms with van der Waals surface area (Å²) in [5.74, 6) is 0. The van der Waals surface area contributed by atoms with Crippen LogP contribution in [0.15, 0.2) is 18.5 Å². The molecule has 0 aromatic carbocycles. The molecule has 0 spiro atoms. The van der Waals surface area contributed by atoms with E-state index in [9.17, 15) is 9.90 Å². The maximum atomic E-state index is 11.2. The van der Waals surface area contributed by atoms with E-state index in [1.165, 1.54) is 4.90 Å². The van der Waals surface area contributed by atoms with E-state index in [2.05, 4.69) is 15.7 Å². The van der Waals surface area contributed by atoms with Crippen LogP contribution in [-0.4, -0.2) is 65.7 Å². The van der Waals surface area contributed by atoms with Crippen LogP contribution in [0.4, 0.5) is 4.79 Å². The molecule has 102 valence electrons. The number of nitrogens with zero attached hydrogens (tertiary/aromatic N) is 3. The number of urea groups is 1. The monoisotopic (exact) mass is 255 g/mol. The maximum Gasteiger partial charge on any atom is 0.316 e. The van der Waals surface area contributed by atoms with E-state index in [0.717, 1.165) is 0 Å². The lowest BCUT2D eigenvalue weighted by molar-refractivity contribution is 0.147. The third-order valence-electron chi connectivity index (χ3n) is 2.32. The Labute approximate surface area is 107 Å². The highest BCUT2D eigenvalue weighted by Gasteiger charge is 2.05. The molecule has 18 heavy (non-hydrogen) atoms. The van der Waals surface area contributed by atoms with Crippen LogP contribution in [0.25, 0.3) is 0 Å². The Morgan fingerprint density at radius 2 is 2.28 bits per heavy atom. The first-order valence-corrected chi connectivity index (χ1v) is 5.91. The summed E-state index contributed by atoms with van der Waals surface area (Å²) >= 11 is 0. The number of aliphatic hydroxyl groups excluding tert-OH is 1. The van der Waals surface area contributed by atoms with Crippen LogP contribution in [-0.2, 0) is 6.54 Å². The van der Waals surface area contributed by atoms with Crippen molar-refractivity contribution in [2.45, 2.75) is 12.6 Å². The molecule has 1 aromatic rings. The molecule has 1 heterocycles. The van der Waals surface area contributed by atoms with Crippen molar-refractivity contribution in [1.29, 1.82) is 0 Å². The smallest absolute Gasteiger partial charge is 0.316 e. The van der Waals surface area contributed by atoms with Gasteiger partial charge in [-0.15, -0.1) is 0 Å². The van der Waals surface area contributed by atoms with Crippen LogP contribution in [0.5, 0.6) is 0 Å². The molecule has 0 saturated carbocycles. The van der Waals surface area contributed by atoms with Gasteiger partial charge >= 0.3 is 6.03 Å². The van der Waals surface area contributed by atoms with E-state index in [4.69, 9.17) is 0 Å². The molecule has 3 N–H and O–H groups in total. The van der Waals surface area contributed by atoms with Crippen molar-refractivity contribution < 1.29 is 9.90 Å². The molecule has 0 radical (unpaired) electrons. The summed E-state index contributed by atoms with van der Waals surface area (Å²) in [6.45, 7) is 2.09. The molecule has 7 heteroatoms. The van der Waals surface area contributed by atoms with Gasteiger partial charge in [0.2, 0.25) is 0 Å². The molecule has 0 saturated heterocycles. The quantitative estimate of drug-likeness (QED) is 0.552. The molecule has 0 aliphatic carbocycles. The lowest BCUT2D eigenvalue weighted by Crippen LogP contribution is -2.40. The van der Waals surface area contributed by atoms with Gasteiger partial charge in [0.15, 0.2) is 0 Å². The normalized spacial score (nSPS) is 12.2. The number of aliphatic hydroxyl groups is 1. The second-order valence-electron chi connectivity index (χ2n) is 4.21. The number of aromatic nitrogens is 2. The zero-order valence-corrected chi connectivity index (χ0v) is 10.8. The largest absolute Gasteiger partial charge is 0.390 e. The van der Waals surface area contributed by atoms with Gasteiger partial charge in [-0.2, -0.15) is 5.10 Å². The van der Waals surface area contributed by atoms with E-state index in [0.29, 0.717) is 26.2 Å². The summed E-state index contributed by atoms with van der Waals surface area (Å²) in [7, 11) is 3.38. The van der Waals surface area contributed by atoms with Gasteiger partial charge in [-0.05, 0) is 6.07 Å². The molecule has 0 aliphatic heterocycles. The summed E-state index contributed by atoms with van der Waals surface area (Å²) in [6, 6.07) is 1.70. The standard InChI is InChI=1S/C11H21N5O2/c1-15(2)11(18)13-6-5-12-8-10(17)9-16-7-3-4-14-16/h3-4,7,10,12,17H,5-6,8-9H2,1-2H3,(H,13,18). The molecule has 7 nitrogen and oxygen atoms in total. The van der Waals surface area contributed by atoms with Crippen molar-refractivity contribution in [3.8, 4) is 0 Å². The van der Waals surface area contributed by atoms with Gasteiger partial charge < -0.3 is 20.6 Å². The number of carbonyl (C=O) groups is 1. The fourth-order valence-electron chi connectivity index (χ4n) is 1.37. The van der Waals surface area contributed by atoms with Crippen LogP contribution in [0.1, 0.15) is 0 Å². The number of amides is 2. The van der Waals surface area contributed by atoms with Gasteiger partial charge in [-0.3, -0.25) is 4.68 Å². The Hall–Kier alpha value is -1.60. The Morgan fingerprint density at radius 1 is 1.50 bits per heavy atom. The Kier molecular flexibility index (Phi) is 6.16. The lowest BCUT2D eigenvalue weighted by atomic mass is 10.3. The molecular weight excluding hydrogens is 234 g/mol. The van der Waals surface area contributed by atoms with Crippen LogP contribution in [0, 0.1) is 0 Å². The van der Waals surface area contributed by atoms with E-state index < -0.39 is 6.10 Å². The minimum Gasteiger partial charge on any atom is -0.390 e. The first-order valence-electron chi connectivity index (χ1n) is 5.91. The third-order valence-corrected chi connectivity index (χ3v) is 2.32. The highest BCUT2D eigenvalue weighted by molar-refractivity contribution is 5.73. The number of rotatable bonds is 7. The predicted molar refractivity (Wildman–Crippen MR) is 68.2 cm³/mol.